The van der Waals surface area contributed by atoms with Crippen LogP contribution in [0, 0.1) is 19.7 Å². The molecule has 0 amide bonds. The zero-order valence-electron chi connectivity index (χ0n) is 18.3. The van der Waals surface area contributed by atoms with Crippen molar-refractivity contribution >= 4 is 22.7 Å². The summed E-state index contributed by atoms with van der Waals surface area (Å²) in [6, 6.07) is 10.2. The molecule has 6 nitrogen and oxygen atoms in total. The molecule has 1 aliphatic rings. The highest BCUT2D eigenvalue weighted by Crippen LogP contribution is 2.53. The number of anilines is 2. The third-order valence-corrected chi connectivity index (χ3v) is 5.97. The lowest BCUT2D eigenvalue weighted by atomic mass is 9.85. The van der Waals surface area contributed by atoms with Crippen LogP contribution in [0.4, 0.5) is 29.2 Å². The van der Waals surface area contributed by atoms with Gasteiger partial charge in [0, 0.05) is 18.2 Å². The van der Waals surface area contributed by atoms with Crippen molar-refractivity contribution in [2.24, 2.45) is 0 Å². The Kier molecular flexibility index (Phi) is 5.20. The molecule has 0 bridgehead atoms. The number of nitrogens with zero attached hydrogens (tertiary/aromatic N) is 2. The van der Waals surface area contributed by atoms with Crippen molar-refractivity contribution < 1.29 is 27.0 Å². The number of halogens is 4. The van der Waals surface area contributed by atoms with E-state index < -0.39 is 23.2 Å². The number of nitrogens with one attached hydrogen (secondary N) is 2. The van der Waals surface area contributed by atoms with Gasteiger partial charge < -0.3 is 19.8 Å². The normalized spacial score (nSPS) is 18.1. The van der Waals surface area contributed by atoms with Crippen molar-refractivity contribution in [1.29, 1.82) is 0 Å². The minimum atomic E-state index is -4.74. The molecule has 1 aliphatic heterocycles. The number of hydrogen-bond donors (Lipinski definition) is 2. The fraction of sp³-hybridized carbons (Fsp3) is 0.250. The summed E-state index contributed by atoms with van der Waals surface area (Å²) in [6.07, 6.45) is -3.64. The third-order valence-electron chi connectivity index (χ3n) is 5.97. The van der Waals surface area contributed by atoms with Crippen LogP contribution in [0.1, 0.15) is 23.1 Å². The van der Waals surface area contributed by atoms with Gasteiger partial charge in [0.1, 0.15) is 17.3 Å². The lowest BCUT2D eigenvalue weighted by molar-refractivity contribution is -0.333. The van der Waals surface area contributed by atoms with Gasteiger partial charge in [-0.15, -0.1) is 0 Å². The Morgan fingerprint density at radius 3 is 2.59 bits per heavy atom. The molecule has 34 heavy (non-hydrogen) atoms. The predicted molar refractivity (Wildman–Crippen MR) is 118 cm³/mol. The number of alkyl halides is 3. The van der Waals surface area contributed by atoms with Crippen LogP contribution in [0.3, 0.4) is 0 Å². The first-order valence-corrected chi connectivity index (χ1v) is 10.5. The Hall–Kier alpha value is -3.66. The summed E-state index contributed by atoms with van der Waals surface area (Å²) in [5, 5.41) is 3.07. The maximum Gasteiger partial charge on any atom is 0.421 e. The number of imidazole rings is 1. The molecular formula is C24H20F4N4O2. The van der Waals surface area contributed by atoms with Gasteiger partial charge in [0.15, 0.2) is 5.60 Å². The summed E-state index contributed by atoms with van der Waals surface area (Å²) in [6.45, 7) is 3.90. The van der Waals surface area contributed by atoms with Gasteiger partial charge in [0.05, 0.1) is 17.6 Å². The van der Waals surface area contributed by atoms with Crippen molar-refractivity contribution in [2.45, 2.75) is 32.0 Å². The first kappa shape index (κ1) is 22.1. The van der Waals surface area contributed by atoms with Crippen molar-refractivity contribution in [3.05, 3.63) is 71.2 Å². The minimum Gasteiger partial charge on any atom is -0.437 e. The summed E-state index contributed by atoms with van der Waals surface area (Å²) in [5.41, 5.74) is 1.09. The second-order valence-electron chi connectivity index (χ2n) is 8.19. The molecule has 1 saturated heterocycles. The molecule has 0 radical (unpaired) electrons. The van der Waals surface area contributed by atoms with E-state index in [0.29, 0.717) is 11.6 Å². The smallest absolute Gasteiger partial charge is 0.421 e. The summed E-state index contributed by atoms with van der Waals surface area (Å²) >= 11 is 0. The first-order valence-electron chi connectivity index (χ1n) is 10.5. The molecule has 10 heteroatoms. The summed E-state index contributed by atoms with van der Waals surface area (Å²) < 4.78 is 66.3. The average molecular weight is 472 g/mol. The van der Waals surface area contributed by atoms with E-state index in [1.807, 2.05) is 26.0 Å². The lowest BCUT2D eigenvalue weighted by Gasteiger charge is -2.43. The number of ether oxygens (including phenoxy) is 2. The molecule has 0 saturated carbocycles. The number of aromatic nitrogens is 3. The lowest BCUT2D eigenvalue weighted by Crippen LogP contribution is -2.52. The van der Waals surface area contributed by atoms with E-state index in [-0.39, 0.29) is 24.7 Å². The van der Waals surface area contributed by atoms with Crippen molar-refractivity contribution in [1.82, 2.24) is 15.0 Å². The molecule has 1 atom stereocenters. The van der Waals surface area contributed by atoms with Crippen LogP contribution in [0.2, 0.25) is 0 Å². The van der Waals surface area contributed by atoms with Gasteiger partial charge in [-0.25, -0.2) is 14.4 Å². The zero-order valence-corrected chi connectivity index (χ0v) is 18.3. The molecule has 5 rings (SSSR count). The van der Waals surface area contributed by atoms with Crippen LogP contribution >= 0.6 is 0 Å². The van der Waals surface area contributed by atoms with E-state index in [1.54, 1.807) is 12.1 Å². The standard InChI is InChI=1S/C24H20F4N4O2/c1-13-10-18-19(11-14(13)2)32-22(31-18)30-17-4-3-8-29-21(17)34-20-6-5-15(25)12-16(20)23(7-9-33-23)24(26,27)28/h3-6,8,10-12H,7,9H2,1-2H3,(H2,30,31,32). The number of aryl methyl sites for hydroxylation is 2. The Balaban J connectivity index is 1.50. The Labute approximate surface area is 191 Å². The third kappa shape index (κ3) is 3.73. The van der Waals surface area contributed by atoms with Gasteiger partial charge in [-0.05, 0) is 67.4 Å². The summed E-state index contributed by atoms with van der Waals surface area (Å²) in [4.78, 5) is 11.8. The van der Waals surface area contributed by atoms with E-state index in [2.05, 4.69) is 20.3 Å². The highest BCUT2D eigenvalue weighted by Gasteiger charge is 2.62. The Bertz CT molecular complexity index is 1340. The maximum absolute atomic E-state index is 14.0. The van der Waals surface area contributed by atoms with Gasteiger partial charge in [-0.3, -0.25) is 0 Å². The minimum absolute atomic E-state index is 0.000164. The molecular weight excluding hydrogens is 452 g/mol. The Morgan fingerprint density at radius 1 is 1.12 bits per heavy atom. The van der Waals surface area contributed by atoms with E-state index in [9.17, 15) is 17.6 Å². The first-order chi connectivity index (χ1) is 16.2. The molecule has 2 aromatic heterocycles. The molecule has 2 N–H and O–H groups in total. The fourth-order valence-corrected chi connectivity index (χ4v) is 3.93. The summed E-state index contributed by atoms with van der Waals surface area (Å²) in [5.74, 6) is -0.615. The van der Waals surface area contributed by atoms with E-state index in [1.165, 1.54) is 6.20 Å². The summed E-state index contributed by atoms with van der Waals surface area (Å²) in [7, 11) is 0. The second kappa shape index (κ2) is 7.98. The number of pyridine rings is 1. The highest BCUT2D eigenvalue weighted by molar-refractivity contribution is 5.80. The van der Waals surface area contributed by atoms with E-state index in [0.717, 1.165) is 40.4 Å². The number of H-pyrrole nitrogens is 1. The van der Waals surface area contributed by atoms with Crippen LogP contribution in [-0.2, 0) is 10.3 Å². The van der Waals surface area contributed by atoms with Crippen molar-refractivity contribution in [3.63, 3.8) is 0 Å². The molecule has 176 valence electrons. The number of aromatic amines is 1. The van der Waals surface area contributed by atoms with Gasteiger partial charge in [0.2, 0.25) is 11.8 Å². The maximum atomic E-state index is 14.0. The fourth-order valence-electron chi connectivity index (χ4n) is 3.93. The van der Waals surface area contributed by atoms with Gasteiger partial charge in [-0.2, -0.15) is 13.2 Å². The highest BCUT2D eigenvalue weighted by atomic mass is 19.4. The van der Waals surface area contributed by atoms with E-state index >= 15 is 0 Å². The van der Waals surface area contributed by atoms with Crippen molar-refractivity contribution in [2.75, 3.05) is 11.9 Å². The second-order valence-corrected chi connectivity index (χ2v) is 8.19. The van der Waals surface area contributed by atoms with Crippen LogP contribution in [0.5, 0.6) is 11.6 Å². The number of hydrogen-bond acceptors (Lipinski definition) is 5. The molecule has 0 spiro atoms. The quantitative estimate of drug-likeness (QED) is 0.328. The molecule has 1 fully saturated rings. The van der Waals surface area contributed by atoms with E-state index in [4.69, 9.17) is 9.47 Å². The van der Waals surface area contributed by atoms with Gasteiger partial charge >= 0.3 is 6.18 Å². The molecule has 1 unspecified atom stereocenters. The number of fused-ring (bicyclic) bond motifs is 1. The topological polar surface area (TPSA) is 72.1 Å². The van der Waals surface area contributed by atoms with Crippen LogP contribution in [0.15, 0.2) is 48.7 Å². The largest absolute Gasteiger partial charge is 0.437 e. The van der Waals surface area contributed by atoms with Crippen LogP contribution in [0.25, 0.3) is 11.0 Å². The van der Waals surface area contributed by atoms with Gasteiger partial charge in [0.25, 0.3) is 0 Å². The molecule has 0 aliphatic carbocycles. The molecule has 4 aromatic rings. The molecule has 2 aromatic carbocycles. The zero-order chi connectivity index (χ0) is 24.1. The van der Waals surface area contributed by atoms with Crippen LogP contribution < -0.4 is 10.1 Å². The Morgan fingerprint density at radius 2 is 1.88 bits per heavy atom. The average Bonchev–Trinajstić information content (AvgIpc) is 3.10. The number of benzene rings is 2. The van der Waals surface area contributed by atoms with Crippen molar-refractivity contribution in [3.8, 4) is 11.6 Å². The SMILES string of the molecule is Cc1cc2nc(Nc3cccnc3Oc3ccc(F)cc3C3(C(F)(F)F)CCO3)[nH]c2cc1C. The predicted octanol–water partition coefficient (Wildman–Crippen LogP) is 6.43. The molecule has 3 heterocycles. The van der Waals surface area contributed by atoms with Crippen LogP contribution in [-0.4, -0.2) is 27.7 Å². The van der Waals surface area contributed by atoms with Gasteiger partial charge in [-0.1, -0.05) is 0 Å². The monoisotopic (exact) mass is 472 g/mol. The number of rotatable bonds is 5.